The van der Waals surface area contributed by atoms with Gasteiger partial charge in [0.2, 0.25) is 0 Å². The van der Waals surface area contributed by atoms with Gasteiger partial charge >= 0.3 is 0 Å². The van der Waals surface area contributed by atoms with Crippen LogP contribution in [0, 0.1) is 0 Å². The average Bonchev–Trinajstić information content (AvgIpc) is 2.41. The molecule has 1 aliphatic rings. The van der Waals surface area contributed by atoms with Crippen LogP contribution in [-0.4, -0.2) is 33.8 Å². The molecule has 1 heterocycles. The minimum Gasteiger partial charge on any atom is -0.388 e. The lowest BCUT2D eigenvalue weighted by molar-refractivity contribution is -0.0202. The first-order valence-corrected chi connectivity index (χ1v) is 7.73. The van der Waals surface area contributed by atoms with Crippen LogP contribution >= 0.6 is 0 Å². The second-order valence-electron chi connectivity index (χ2n) is 5.66. The molecule has 0 saturated heterocycles. The fourth-order valence-corrected chi connectivity index (χ4v) is 2.28. The van der Waals surface area contributed by atoms with Gasteiger partial charge < -0.3 is 15.7 Å². The van der Waals surface area contributed by atoms with E-state index in [1.807, 2.05) is 6.07 Å². The first-order valence-electron chi connectivity index (χ1n) is 7.73. The quantitative estimate of drug-likeness (QED) is 0.682. The highest BCUT2D eigenvalue weighted by Crippen LogP contribution is 2.31. The Balaban J connectivity index is 2.02. The fraction of sp³-hybridized carbons (Fsp3) is 0.733. The monoisotopic (exact) mass is 278 g/mol. The Labute approximate surface area is 121 Å². The molecule has 0 unspecified atom stereocenters. The van der Waals surface area contributed by atoms with Gasteiger partial charge in [0.25, 0.3) is 0 Å². The average molecular weight is 278 g/mol. The summed E-state index contributed by atoms with van der Waals surface area (Å²) in [4.78, 5) is 9.03. The molecule has 1 saturated carbocycles. The first-order chi connectivity index (χ1) is 9.65. The van der Waals surface area contributed by atoms with Crippen LogP contribution in [0.15, 0.2) is 6.07 Å². The summed E-state index contributed by atoms with van der Waals surface area (Å²) < 4.78 is 0. The zero-order chi connectivity index (χ0) is 14.4. The third kappa shape index (κ3) is 4.07. The maximum Gasteiger partial charge on any atom is 0.133 e. The highest BCUT2D eigenvalue weighted by atomic mass is 16.3. The lowest BCUT2D eigenvalue weighted by Gasteiger charge is -2.36. The smallest absolute Gasteiger partial charge is 0.133 e. The fourth-order valence-electron chi connectivity index (χ4n) is 2.28. The number of hydrogen-bond acceptors (Lipinski definition) is 5. The van der Waals surface area contributed by atoms with Gasteiger partial charge in [0.15, 0.2) is 0 Å². The lowest BCUT2D eigenvalue weighted by Crippen LogP contribution is -2.43. The van der Waals surface area contributed by atoms with Crippen molar-refractivity contribution in [3.8, 4) is 0 Å². The molecule has 1 fully saturated rings. The summed E-state index contributed by atoms with van der Waals surface area (Å²) in [7, 11) is 0. The van der Waals surface area contributed by atoms with Gasteiger partial charge in [-0.05, 0) is 32.1 Å². The molecule has 1 aromatic rings. The summed E-state index contributed by atoms with van der Waals surface area (Å²) in [5, 5.41) is 16.7. The van der Waals surface area contributed by atoms with Crippen molar-refractivity contribution in [3.63, 3.8) is 0 Å². The molecule has 0 amide bonds. The Kier molecular flexibility index (Phi) is 5.17. The largest absolute Gasteiger partial charge is 0.388 e. The molecule has 3 N–H and O–H groups in total. The number of anilines is 2. The van der Waals surface area contributed by atoms with Crippen LogP contribution < -0.4 is 10.6 Å². The van der Waals surface area contributed by atoms with Crippen molar-refractivity contribution < 1.29 is 5.11 Å². The van der Waals surface area contributed by atoms with Crippen molar-refractivity contribution >= 4 is 11.6 Å². The van der Waals surface area contributed by atoms with Gasteiger partial charge in [-0.2, -0.15) is 0 Å². The molecule has 5 nitrogen and oxygen atoms in total. The highest BCUT2D eigenvalue weighted by molar-refractivity contribution is 5.47. The van der Waals surface area contributed by atoms with Gasteiger partial charge in [0.1, 0.15) is 17.5 Å². The molecule has 5 heteroatoms. The van der Waals surface area contributed by atoms with E-state index < -0.39 is 5.60 Å². The third-order valence-corrected chi connectivity index (χ3v) is 3.69. The number of aromatic nitrogens is 2. The van der Waals surface area contributed by atoms with Crippen LogP contribution in [0.25, 0.3) is 0 Å². The van der Waals surface area contributed by atoms with E-state index in [1.54, 1.807) is 0 Å². The third-order valence-electron chi connectivity index (χ3n) is 3.69. The minimum absolute atomic E-state index is 0.535. The van der Waals surface area contributed by atoms with Crippen LogP contribution in [0.2, 0.25) is 0 Å². The molecule has 0 radical (unpaired) electrons. The number of nitrogens with one attached hydrogen (secondary N) is 2. The molecule has 0 aliphatic heterocycles. The number of rotatable bonds is 8. The summed E-state index contributed by atoms with van der Waals surface area (Å²) in [5.74, 6) is 2.53. The zero-order valence-electron chi connectivity index (χ0n) is 12.6. The molecule has 112 valence electrons. The van der Waals surface area contributed by atoms with E-state index in [-0.39, 0.29) is 0 Å². The van der Waals surface area contributed by atoms with E-state index in [1.165, 1.54) is 0 Å². The summed E-state index contributed by atoms with van der Waals surface area (Å²) in [5.41, 5.74) is -0.535. The Morgan fingerprint density at radius 2 is 1.85 bits per heavy atom. The Morgan fingerprint density at radius 1 is 1.15 bits per heavy atom. The van der Waals surface area contributed by atoms with Gasteiger partial charge in [-0.15, -0.1) is 0 Å². The summed E-state index contributed by atoms with van der Waals surface area (Å²) in [6.07, 6.45) is 5.85. The molecule has 20 heavy (non-hydrogen) atoms. The molecule has 2 rings (SSSR count). The van der Waals surface area contributed by atoms with Gasteiger partial charge in [0.05, 0.1) is 5.60 Å². The predicted octanol–water partition coefficient (Wildman–Crippen LogP) is 2.58. The van der Waals surface area contributed by atoms with Crippen LogP contribution in [-0.2, 0) is 6.42 Å². The van der Waals surface area contributed by atoms with Crippen molar-refractivity contribution in [3.05, 3.63) is 11.9 Å². The van der Waals surface area contributed by atoms with E-state index in [4.69, 9.17) is 0 Å². The van der Waals surface area contributed by atoms with Crippen molar-refractivity contribution in [1.29, 1.82) is 0 Å². The molecule has 0 aromatic carbocycles. The number of aliphatic hydroxyl groups is 1. The summed E-state index contributed by atoms with van der Waals surface area (Å²) >= 11 is 0. The summed E-state index contributed by atoms with van der Waals surface area (Å²) in [6, 6.07) is 1.93. The molecular weight excluding hydrogens is 252 g/mol. The minimum atomic E-state index is -0.535. The van der Waals surface area contributed by atoms with Crippen LogP contribution in [0.5, 0.6) is 0 Å². The van der Waals surface area contributed by atoms with E-state index in [9.17, 15) is 5.11 Å². The Bertz CT molecular complexity index is 432. The Morgan fingerprint density at radius 3 is 2.40 bits per heavy atom. The number of aryl methyl sites for hydroxylation is 1. The van der Waals surface area contributed by atoms with E-state index >= 15 is 0 Å². The zero-order valence-corrected chi connectivity index (χ0v) is 12.6. The lowest BCUT2D eigenvalue weighted by atomic mass is 9.80. The SMILES string of the molecule is CCCNc1cc(NCC2(O)CCC2)nc(CCC)n1. The first kappa shape index (κ1) is 15.0. The van der Waals surface area contributed by atoms with E-state index in [0.29, 0.717) is 6.54 Å². The molecule has 0 spiro atoms. The van der Waals surface area contributed by atoms with Crippen LogP contribution in [0.1, 0.15) is 51.8 Å². The van der Waals surface area contributed by atoms with E-state index in [0.717, 1.165) is 62.5 Å². The maximum atomic E-state index is 10.1. The normalized spacial score (nSPS) is 16.6. The van der Waals surface area contributed by atoms with Crippen molar-refractivity contribution in [1.82, 2.24) is 9.97 Å². The second-order valence-corrected chi connectivity index (χ2v) is 5.66. The van der Waals surface area contributed by atoms with Crippen LogP contribution in [0.3, 0.4) is 0 Å². The second kappa shape index (κ2) is 6.88. The molecular formula is C15H26N4O. The standard InChI is InChI=1S/C15H26N4O/c1-3-6-12-18-13(16-9-4-2)10-14(19-12)17-11-15(20)7-5-8-15/h10,20H,3-9,11H2,1-2H3,(H2,16,17,18,19). The van der Waals surface area contributed by atoms with Gasteiger partial charge in [-0.1, -0.05) is 13.8 Å². The topological polar surface area (TPSA) is 70.1 Å². The number of nitrogens with zero attached hydrogens (tertiary/aromatic N) is 2. The molecule has 0 atom stereocenters. The van der Waals surface area contributed by atoms with Crippen molar-refractivity contribution in [2.75, 3.05) is 23.7 Å². The predicted molar refractivity (Wildman–Crippen MR) is 82.1 cm³/mol. The van der Waals surface area contributed by atoms with Crippen molar-refractivity contribution in [2.24, 2.45) is 0 Å². The summed E-state index contributed by atoms with van der Waals surface area (Å²) in [6.45, 7) is 5.74. The number of hydrogen-bond donors (Lipinski definition) is 3. The van der Waals surface area contributed by atoms with Gasteiger partial charge in [-0.3, -0.25) is 0 Å². The molecule has 1 aromatic heterocycles. The van der Waals surface area contributed by atoms with E-state index in [2.05, 4.69) is 34.4 Å². The van der Waals surface area contributed by atoms with Crippen molar-refractivity contribution in [2.45, 2.75) is 58.0 Å². The highest BCUT2D eigenvalue weighted by Gasteiger charge is 2.34. The molecule has 1 aliphatic carbocycles. The maximum absolute atomic E-state index is 10.1. The van der Waals surface area contributed by atoms with Gasteiger partial charge in [-0.25, -0.2) is 9.97 Å². The molecule has 0 bridgehead atoms. The van der Waals surface area contributed by atoms with Crippen LogP contribution in [0.4, 0.5) is 11.6 Å². The van der Waals surface area contributed by atoms with Gasteiger partial charge in [0, 0.05) is 25.6 Å². The Hall–Kier alpha value is -1.36.